The number of hydrogen-bond acceptors (Lipinski definition) is 6. The molecule has 0 fully saturated rings. The third-order valence-electron chi connectivity index (χ3n) is 15.2. The standard InChI is InChI=1S/C73H130O6/c1-4-7-10-13-16-19-22-25-28-30-32-33-34-35-36-37-38-39-41-42-45-48-51-54-57-60-63-66-72(75)78-69-70(68-77-71(74)65-62-59-56-53-50-47-44-27-24-21-18-15-12-9-6-3)79-73(76)67-64-61-58-55-52-49-46-43-40-31-29-26-23-20-17-14-11-8-5-2/h17,20,22,25-27,29-30,32,40,43-44,70H,4-16,18-19,21,23-24,28,31,33-39,41-42,45-69H2,1-3H3/b20-17-,25-22-,29-26-,32-30-,43-40-,44-27-. The molecule has 0 bridgehead atoms. The molecule has 79 heavy (non-hydrogen) atoms. The van der Waals surface area contributed by atoms with Gasteiger partial charge in [0.25, 0.3) is 0 Å². The van der Waals surface area contributed by atoms with Crippen LogP contribution in [-0.2, 0) is 28.6 Å². The number of carbonyl (C=O) groups excluding carboxylic acids is 3. The molecule has 0 N–H and O–H groups in total. The summed E-state index contributed by atoms with van der Waals surface area (Å²) in [6, 6.07) is 0. The van der Waals surface area contributed by atoms with Crippen molar-refractivity contribution in [3.63, 3.8) is 0 Å². The van der Waals surface area contributed by atoms with Crippen LogP contribution in [0.2, 0.25) is 0 Å². The highest BCUT2D eigenvalue weighted by molar-refractivity contribution is 5.71. The molecule has 6 nitrogen and oxygen atoms in total. The Balaban J connectivity index is 4.30. The molecule has 0 aromatic rings. The molecule has 1 unspecified atom stereocenters. The second-order valence-corrected chi connectivity index (χ2v) is 23.1. The fourth-order valence-corrected chi connectivity index (χ4v) is 9.95. The summed E-state index contributed by atoms with van der Waals surface area (Å²) in [6.45, 7) is 6.62. The van der Waals surface area contributed by atoms with Crippen LogP contribution in [0.25, 0.3) is 0 Å². The Morgan fingerprint density at radius 2 is 0.456 bits per heavy atom. The van der Waals surface area contributed by atoms with Crippen molar-refractivity contribution in [3.05, 3.63) is 72.9 Å². The molecule has 0 spiro atoms. The van der Waals surface area contributed by atoms with Gasteiger partial charge in [0, 0.05) is 19.3 Å². The zero-order chi connectivity index (χ0) is 57.1. The number of hydrogen-bond donors (Lipinski definition) is 0. The van der Waals surface area contributed by atoms with E-state index in [4.69, 9.17) is 14.2 Å². The van der Waals surface area contributed by atoms with Gasteiger partial charge >= 0.3 is 17.9 Å². The first-order valence-electron chi connectivity index (χ1n) is 34.4. The zero-order valence-corrected chi connectivity index (χ0v) is 52.6. The van der Waals surface area contributed by atoms with Crippen molar-refractivity contribution in [3.8, 4) is 0 Å². The van der Waals surface area contributed by atoms with Crippen LogP contribution in [0.5, 0.6) is 0 Å². The minimum Gasteiger partial charge on any atom is -0.462 e. The summed E-state index contributed by atoms with van der Waals surface area (Å²) >= 11 is 0. The van der Waals surface area contributed by atoms with Crippen molar-refractivity contribution in [1.29, 1.82) is 0 Å². The maximum absolute atomic E-state index is 12.9. The summed E-state index contributed by atoms with van der Waals surface area (Å²) in [5.41, 5.74) is 0. The lowest BCUT2D eigenvalue weighted by atomic mass is 10.0. The first kappa shape index (κ1) is 75.8. The smallest absolute Gasteiger partial charge is 0.306 e. The highest BCUT2D eigenvalue weighted by Gasteiger charge is 2.19. The molecule has 0 heterocycles. The molecular weight excluding hydrogens is 973 g/mol. The molecule has 0 aromatic carbocycles. The molecule has 0 saturated carbocycles. The highest BCUT2D eigenvalue weighted by Crippen LogP contribution is 2.17. The van der Waals surface area contributed by atoms with E-state index in [1.54, 1.807) is 0 Å². The third kappa shape index (κ3) is 65.5. The van der Waals surface area contributed by atoms with Gasteiger partial charge in [0.05, 0.1) is 0 Å². The van der Waals surface area contributed by atoms with Crippen molar-refractivity contribution in [2.75, 3.05) is 13.2 Å². The van der Waals surface area contributed by atoms with E-state index in [0.29, 0.717) is 19.3 Å². The maximum atomic E-state index is 12.9. The van der Waals surface area contributed by atoms with Gasteiger partial charge in [0.2, 0.25) is 0 Å². The molecular formula is C73H130O6. The van der Waals surface area contributed by atoms with E-state index >= 15 is 0 Å². The van der Waals surface area contributed by atoms with Crippen LogP contribution in [-0.4, -0.2) is 37.2 Å². The van der Waals surface area contributed by atoms with Crippen molar-refractivity contribution < 1.29 is 28.6 Å². The van der Waals surface area contributed by atoms with Crippen LogP contribution in [0.1, 0.15) is 355 Å². The molecule has 0 aliphatic rings. The van der Waals surface area contributed by atoms with Gasteiger partial charge in [-0.3, -0.25) is 14.4 Å². The molecule has 0 aliphatic heterocycles. The molecule has 0 amide bonds. The van der Waals surface area contributed by atoms with Crippen molar-refractivity contribution in [2.24, 2.45) is 0 Å². The van der Waals surface area contributed by atoms with E-state index in [1.807, 2.05) is 0 Å². The van der Waals surface area contributed by atoms with E-state index in [1.165, 1.54) is 218 Å². The Morgan fingerprint density at radius 1 is 0.253 bits per heavy atom. The van der Waals surface area contributed by atoms with E-state index < -0.39 is 6.10 Å². The minimum atomic E-state index is -0.787. The van der Waals surface area contributed by atoms with Gasteiger partial charge in [-0.2, -0.15) is 0 Å². The normalized spacial score (nSPS) is 12.5. The molecule has 0 aliphatic carbocycles. The minimum absolute atomic E-state index is 0.0812. The summed E-state index contributed by atoms with van der Waals surface area (Å²) in [5.74, 6) is -0.885. The predicted octanol–water partition coefficient (Wildman–Crippen LogP) is 23.7. The van der Waals surface area contributed by atoms with E-state index in [2.05, 4.69) is 93.7 Å². The summed E-state index contributed by atoms with van der Waals surface area (Å²) < 4.78 is 17.0. The van der Waals surface area contributed by atoms with Crippen molar-refractivity contribution in [2.45, 2.75) is 361 Å². The Bertz CT molecular complexity index is 1450. The summed E-state index contributed by atoms with van der Waals surface area (Å²) in [7, 11) is 0. The van der Waals surface area contributed by atoms with Gasteiger partial charge < -0.3 is 14.2 Å². The fourth-order valence-electron chi connectivity index (χ4n) is 9.95. The second-order valence-electron chi connectivity index (χ2n) is 23.1. The molecule has 1 atom stereocenters. The van der Waals surface area contributed by atoms with Crippen molar-refractivity contribution >= 4 is 17.9 Å². The molecule has 0 saturated heterocycles. The summed E-state index contributed by atoms with van der Waals surface area (Å²) in [5, 5.41) is 0. The van der Waals surface area contributed by atoms with Crippen LogP contribution >= 0.6 is 0 Å². The largest absolute Gasteiger partial charge is 0.462 e. The lowest BCUT2D eigenvalue weighted by Crippen LogP contribution is -2.30. The van der Waals surface area contributed by atoms with Gasteiger partial charge in [-0.15, -0.1) is 0 Å². The first-order chi connectivity index (χ1) is 39.0. The zero-order valence-electron chi connectivity index (χ0n) is 52.6. The topological polar surface area (TPSA) is 78.9 Å². The number of unbranched alkanes of at least 4 members (excludes halogenated alkanes) is 40. The molecule has 0 rings (SSSR count). The van der Waals surface area contributed by atoms with Gasteiger partial charge in [-0.1, -0.05) is 293 Å². The van der Waals surface area contributed by atoms with Crippen LogP contribution in [0.15, 0.2) is 72.9 Å². The van der Waals surface area contributed by atoms with Crippen LogP contribution in [0.4, 0.5) is 0 Å². The molecule has 6 heteroatoms. The lowest BCUT2D eigenvalue weighted by Gasteiger charge is -2.18. The molecule has 0 radical (unpaired) electrons. The Hall–Kier alpha value is -3.15. The SMILES string of the molecule is CCCCC/C=C\C/C=C\C/C=C\CCCCCCCCC(=O)OC(COC(=O)CCCCCCC/C=C\CCCCCCCC)COC(=O)CCCCCCCCCCCCCCCCC/C=C\C/C=C\CCCCCCC. The number of ether oxygens (including phenoxy) is 3. The predicted molar refractivity (Wildman–Crippen MR) is 344 cm³/mol. The van der Waals surface area contributed by atoms with Gasteiger partial charge in [0.15, 0.2) is 6.10 Å². The first-order valence-corrected chi connectivity index (χ1v) is 34.4. The second kappa shape index (κ2) is 67.4. The number of esters is 3. The van der Waals surface area contributed by atoms with Crippen LogP contribution < -0.4 is 0 Å². The quantitative estimate of drug-likeness (QED) is 0.0261. The maximum Gasteiger partial charge on any atom is 0.306 e. The summed E-state index contributed by atoms with van der Waals surface area (Å²) in [4.78, 5) is 38.4. The Labute approximate surface area is 491 Å². The van der Waals surface area contributed by atoms with E-state index in [-0.39, 0.29) is 31.1 Å². The van der Waals surface area contributed by atoms with Gasteiger partial charge in [-0.05, 0) is 116 Å². The van der Waals surface area contributed by atoms with Gasteiger partial charge in [-0.25, -0.2) is 0 Å². The number of rotatable bonds is 63. The molecule has 0 aromatic heterocycles. The average Bonchev–Trinajstić information content (AvgIpc) is 3.45. The monoisotopic (exact) mass is 1100 g/mol. The highest BCUT2D eigenvalue weighted by atomic mass is 16.6. The number of allylic oxidation sites excluding steroid dienone is 12. The number of carbonyl (C=O) groups is 3. The van der Waals surface area contributed by atoms with E-state index in [9.17, 15) is 14.4 Å². The van der Waals surface area contributed by atoms with Crippen molar-refractivity contribution in [1.82, 2.24) is 0 Å². The summed E-state index contributed by atoms with van der Waals surface area (Å²) in [6.07, 6.45) is 87.7. The average molecular weight is 1100 g/mol. The fraction of sp³-hybridized carbons (Fsp3) is 0.795. The third-order valence-corrected chi connectivity index (χ3v) is 15.2. The van der Waals surface area contributed by atoms with Crippen LogP contribution in [0, 0.1) is 0 Å². The Morgan fingerprint density at radius 3 is 0.747 bits per heavy atom. The van der Waals surface area contributed by atoms with Crippen LogP contribution in [0.3, 0.4) is 0 Å². The van der Waals surface area contributed by atoms with Gasteiger partial charge in [0.1, 0.15) is 13.2 Å². The lowest BCUT2D eigenvalue weighted by molar-refractivity contribution is -0.167. The molecule has 458 valence electrons. The Kier molecular flexibility index (Phi) is 64.7. The van der Waals surface area contributed by atoms with E-state index in [0.717, 1.165) is 96.3 Å².